The average molecular weight is 281 g/mol. The lowest BCUT2D eigenvalue weighted by atomic mass is 10.2. The molecule has 1 saturated heterocycles. The first-order chi connectivity index (χ1) is 9.62. The number of aryl methyl sites for hydroxylation is 1. The third-order valence-corrected chi connectivity index (χ3v) is 3.07. The maximum atomic E-state index is 11.3. The van der Waals surface area contributed by atoms with Crippen molar-refractivity contribution in [3.8, 4) is 5.88 Å². The minimum Gasteiger partial charge on any atom is -0.481 e. The summed E-state index contributed by atoms with van der Waals surface area (Å²) in [7, 11) is 2.95. The molecule has 0 amide bonds. The molecular weight excluding hydrogens is 262 g/mol. The summed E-state index contributed by atoms with van der Waals surface area (Å²) in [6.07, 6.45) is 0.0296. The molecule has 0 spiro atoms. The molecule has 0 saturated carbocycles. The van der Waals surface area contributed by atoms with Gasteiger partial charge < -0.3 is 19.1 Å². The van der Waals surface area contributed by atoms with Crippen LogP contribution in [0, 0.1) is 6.92 Å². The molecule has 2 rings (SSSR count). The number of morpholine rings is 1. The van der Waals surface area contributed by atoms with E-state index in [0.29, 0.717) is 31.5 Å². The van der Waals surface area contributed by atoms with Crippen molar-refractivity contribution in [3.63, 3.8) is 0 Å². The van der Waals surface area contributed by atoms with Crippen LogP contribution in [0.2, 0.25) is 0 Å². The molecule has 1 aliphatic rings. The van der Waals surface area contributed by atoms with Crippen LogP contribution in [-0.4, -0.2) is 56.0 Å². The summed E-state index contributed by atoms with van der Waals surface area (Å²) in [6, 6.07) is 1.77. The van der Waals surface area contributed by atoms with Gasteiger partial charge in [-0.2, -0.15) is 4.98 Å². The van der Waals surface area contributed by atoms with E-state index >= 15 is 0 Å². The highest BCUT2D eigenvalue weighted by Crippen LogP contribution is 2.18. The van der Waals surface area contributed by atoms with E-state index < -0.39 is 0 Å². The Balaban J connectivity index is 2.08. The fourth-order valence-corrected chi connectivity index (χ4v) is 2.06. The minimum atomic E-state index is -0.278. The highest BCUT2D eigenvalue weighted by atomic mass is 16.5. The second-order valence-electron chi connectivity index (χ2n) is 4.57. The Bertz CT molecular complexity index is 481. The largest absolute Gasteiger partial charge is 0.481 e. The van der Waals surface area contributed by atoms with E-state index in [2.05, 4.69) is 14.7 Å². The minimum absolute atomic E-state index is 0.202. The van der Waals surface area contributed by atoms with Gasteiger partial charge in [-0.25, -0.2) is 4.98 Å². The Hall–Kier alpha value is -1.89. The zero-order valence-electron chi connectivity index (χ0n) is 12.0. The van der Waals surface area contributed by atoms with Crippen LogP contribution in [0.5, 0.6) is 5.88 Å². The number of hydrogen-bond donors (Lipinski definition) is 0. The molecule has 1 fully saturated rings. The summed E-state index contributed by atoms with van der Waals surface area (Å²) < 4.78 is 15.4. The Kier molecular flexibility index (Phi) is 4.73. The van der Waals surface area contributed by atoms with E-state index in [1.165, 1.54) is 7.11 Å². The Morgan fingerprint density at radius 2 is 2.30 bits per heavy atom. The summed E-state index contributed by atoms with van der Waals surface area (Å²) >= 11 is 0. The first kappa shape index (κ1) is 14.5. The van der Waals surface area contributed by atoms with E-state index in [0.717, 1.165) is 5.69 Å². The van der Waals surface area contributed by atoms with Crippen LogP contribution in [0.1, 0.15) is 12.1 Å². The van der Waals surface area contributed by atoms with Gasteiger partial charge in [-0.3, -0.25) is 4.79 Å². The van der Waals surface area contributed by atoms with E-state index in [9.17, 15) is 4.79 Å². The average Bonchev–Trinajstić information content (AvgIpc) is 2.46. The first-order valence-corrected chi connectivity index (χ1v) is 6.45. The number of carbonyl (C=O) groups is 1. The van der Waals surface area contributed by atoms with Crippen molar-refractivity contribution in [1.29, 1.82) is 0 Å². The van der Waals surface area contributed by atoms with Gasteiger partial charge in [0.05, 0.1) is 33.4 Å². The zero-order chi connectivity index (χ0) is 14.5. The van der Waals surface area contributed by atoms with Gasteiger partial charge >= 0.3 is 5.97 Å². The van der Waals surface area contributed by atoms with Crippen LogP contribution in [-0.2, 0) is 14.3 Å². The molecule has 1 atom stereocenters. The third-order valence-electron chi connectivity index (χ3n) is 3.07. The highest BCUT2D eigenvalue weighted by molar-refractivity contribution is 5.69. The fourth-order valence-electron chi connectivity index (χ4n) is 2.06. The van der Waals surface area contributed by atoms with Gasteiger partial charge in [0, 0.05) is 24.8 Å². The molecule has 2 heterocycles. The van der Waals surface area contributed by atoms with Crippen molar-refractivity contribution in [3.05, 3.63) is 11.8 Å². The van der Waals surface area contributed by atoms with E-state index in [1.807, 2.05) is 11.8 Å². The molecule has 7 nitrogen and oxygen atoms in total. The number of hydrogen-bond acceptors (Lipinski definition) is 7. The number of aromatic nitrogens is 2. The predicted molar refractivity (Wildman–Crippen MR) is 71.9 cm³/mol. The number of carbonyl (C=O) groups excluding carboxylic acids is 1. The Morgan fingerprint density at radius 1 is 1.50 bits per heavy atom. The van der Waals surface area contributed by atoms with Crippen LogP contribution < -0.4 is 9.64 Å². The van der Waals surface area contributed by atoms with Crippen molar-refractivity contribution >= 4 is 11.9 Å². The van der Waals surface area contributed by atoms with Crippen LogP contribution in [0.25, 0.3) is 0 Å². The number of ether oxygens (including phenoxy) is 3. The number of methoxy groups -OCH3 is 2. The van der Waals surface area contributed by atoms with Crippen molar-refractivity contribution < 1.29 is 19.0 Å². The van der Waals surface area contributed by atoms with E-state index in [4.69, 9.17) is 9.47 Å². The number of nitrogens with zero attached hydrogens (tertiary/aromatic N) is 3. The van der Waals surface area contributed by atoms with Gasteiger partial charge in [-0.1, -0.05) is 0 Å². The lowest BCUT2D eigenvalue weighted by Crippen LogP contribution is -2.44. The maximum absolute atomic E-state index is 11.3. The van der Waals surface area contributed by atoms with Gasteiger partial charge in [0.2, 0.25) is 11.8 Å². The molecule has 1 aromatic rings. The highest BCUT2D eigenvalue weighted by Gasteiger charge is 2.25. The normalized spacial score (nSPS) is 18.8. The molecule has 1 unspecified atom stereocenters. The van der Waals surface area contributed by atoms with Crippen LogP contribution >= 0.6 is 0 Å². The molecule has 0 bridgehead atoms. The van der Waals surface area contributed by atoms with Crippen LogP contribution in [0.4, 0.5) is 5.95 Å². The smallest absolute Gasteiger partial charge is 0.308 e. The van der Waals surface area contributed by atoms with Crippen molar-refractivity contribution in [1.82, 2.24) is 9.97 Å². The fraction of sp³-hybridized carbons (Fsp3) is 0.615. The molecule has 20 heavy (non-hydrogen) atoms. The maximum Gasteiger partial charge on any atom is 0.308 e. The van der Waals surface area contributed by atoms with Gasteiger partial charge in [-0.15, -0.1) is 0 Å². The summed E-state index contributed by atoms with van der Waals surface area (Å²) in [5, 5.41) is 0. The van der Waals surface area contributed by atoms with Crippen molar-refractivity contribution in [2.24, 2.45) is 0 Å². The summed E-state index contributed by atoms with van der Waals surface area (Å²) in [6.45, 7) is 3.66. The summed E-state index contributed by atoms with van der Waals surface area (Å²) in [5.41, 5.74) is 0.836. The number of esters is 1. The van der Waals surface area contributed by atoms with Gasteiger partial charge in [0.25, 0.3) is 0 Å². The first-order valence-electron chi connectivity index (χ1n) is 6.45. The van der Waals surface area contributed by atoms with Gasteiger partial charge in [0.15, 0.2) is 0 Å². The van der Waals surface area contributed by atoms with Crippen molar-refractivity contribution in [2.75, 3.05) is 38.8 Å². The SMILES string of the molecule is COC(=O)CC1CN(c2nc(C)cc(OC)n2)CCO1. The number of anilines is 1. The van der Waals surface area contributed by atoms with Gasteiger partial charge in [-0.05, 0) is 6.92 Å². The molecule has 0 aliphatic carbocycles. The van der Waals surface area contributed by atoms with E-state index in [1.54, 1.807) is 13.2 Å². The summed E-state index contributed by atoms with van der Waals surface area (Å²) in [5.74, 6) is 0.850. The van der Waals surface area contributed by atoms with Gasteiger partial charge in [0.1, 0.15) is 0 Å². The summed E-state index contributed by atoms with van der Waals surface area (Å²) in [4.78, 5) is 22.0. The molecule has 1 aromatic heterocycles. The molecule has 0 radical (unpaired) electrons. The standard InChI is InChI=1S/C13H19N3O4/c1-9-6-11(18-2)15-13(14-9)16-4-5-20-10(8-16)7-12(17)19-3/h6,10H,4-5,7-8H2,1-3H3. The quantitative estimate of drug-likeness (QED) is 0.747. The molecule has 110 valence electrons. The lowest BCUT2D eigenvalue weighted by Gasteiger charge is -2.32. The number of rotatable bonds is 4. The molecule has 7 heteroatoms. The predicted octanol–water partition coefficient (Wildman–Crippen LogP) is 0.562. The molecule has 0 N–H and O–H groups in total. The topological polar surface area (TPSA) is 73.8 Å². The van der Waals surface area contributed by atoms with Crippen molar-refractivity contribution in [2.45, 2.75) is 19.4 Å². The third kappa shape index (κ3) is 3.57. The lowest BCUT2D eigenvalue weighted by molar-refractivity contribution is -0.144. The Morgan fingerprint density at radius 3 is 3.00 bits per heavy atom. The second-order valence-corrected chi connectivity index (χ2v) is 4.57. The molecule has 1 aliphatic heterocycles. The van der Waals surface area contributed by atoms with E-state index in [-0.39, 0.29) is 18.5 Å². The molecular formula is C13H19N3O4. The zero-order valence-corrected chi connectivity index (χ0v) is 12.0. The second kappa shape index (κ2) is 6.51. The van der Waals surface area contributed by atoms with Crippen LogP contribution in [0.3, 0.4) is 0 Å². The molecule has 0 aromatic carbocycles. The Labute approximate surface area is 117 Å². The van der Waals surface area contributed by atoms with Crippen LogP contribution in [0.15, 0.2) is 6.07 Å². The monoisotopic (exact) mass is 281 g/mol.